The molecule has 21 heavy (non-hydrogen) atoms. The first-order valence-electron chi connectivity index (χ1n) is 8.81. The average molecular weight is 296 g/mol. The molecule has 4 heteroatoms. The molecule has 0 aromatic rings. The van der Waals surface area contributed by atoms with Crippen LogP contribution in [0.25, 0.3) is 0 Å². The third kappa shape index (κ3) is 6.79. The Kier molecular flexibility index (Phi) is 7.51. The van der Waals surface area contributed by atoms with Gasteiger partial charge in [0.1, 0.15) is 0 Å². The summed E-state index contributed by atoms with van der Waals surface area (Å²) in [5.41, 5.74) is 0. The number of ether oxygens (including phenoxy) is 1. The largest absolute Gasteiger partial charge is 0.378 e. The highest BCUT2D eigenvalue weighted by Crippen LogP contribution is 2.22. The maximum absolute atomic E-state index is 11.9. The molecule has 1 N–H and O–H groups in total. The number of rotatable bonds is 8. The van der Waals surface area contributed by atoms with Crippen molar-refractivity contribution in [2.24, 2.45) is 5.92 Å². The molecule has 1 saturated carbocycles. The molecule has 1 unspecified atom stereocenters. The van der Waals surface area contributed by atoms with E-state index in [0.29, 0.717) is 18.6 Å². The zero-order valence-electron chi connectivity index (χ0n) is 13.6. The first kappa shape index (κ1) is 16.8. The molecule has 0 aromatic heterocycles. The fraction of sp³-hybridized carbons (Fsp3) is 0.941. The molecule has 0 aromatic carbocycles. The number of carbonyl (C=O) groups is 1. The molecule has 1 aliphatic carbocycles. The van der Waals surface area contributed by atoms with Crippen LogP contribution >= 0.6 is 0 Å². The van der Waals surface area contributed by atoms with Gasteiger partial charge < -0.3 is 10.1 Å². The maximum Gasteiger partial charge on any atom is 0.234 e. The van der Waals surface area contributed by atoms with Crippen LogP contribution in [0.15, 0.2) is 0 Å². The summed E-state index contributed by atoms with van der Waals surface area (Å²) < 4.78 is 5.62. The fourth-order valence-electron chi connectivity index (χ4n) is 3.49. The predicted molar refractivity (Wildman–Crippen MR) is 85.3 cm³/mol. The van der Waals surface area contributed by atoms with Crippen molar-refractivity contribution in [3.05, 3.63) is 0 Å². The number of nitrogens with one attached hydrogen (secondary N) is 1. The highest BCUT2D eigenvalue weighted by molar-refractivity contribution is 5.77. The lowest BCUT2D eigenvalue weighted by Gasteiger charge is -2.23. The van der Waals surface area contributed by atoms with Gasteiger partial charge in [-0.3, -0.25) is 9.69 Å². The van der Waals surface area contributed by atoms with Gasteiger partial charge in [-0.05, 0) is 58.0 Å². The summed E-state index contributed by atoms with van der Waals surface area (Å²) in [6.07, 6.45) is 11.8. The monoisotopic (exact) mass is 296 g/mol. The second-order valence-electron chi connectivity index (χ2n) is 6.82. The number of hydrogen-bond acceptors (Lipinski definition) is 3. The molecular weight excluding hydrogens is 264 g/mol. The van der Waals surface area contributed by atoms with E-state index in [9.17, 15) is 4.79 Å². The number of nitrogens with zero attached hydrogens (tertiary/aromatic N) is 1. The van der Waals surface area contributed by atoms with Crippen molar-refractivity contribution in [3.63, 3.8) is 0 Å². The van der Waals surface area contributed by atoms with E-state index in [-0.39, 0.29) is 5.91 Å². The smallest absolute Gasteiger partial charge is 0.234 e. The minimum atomic E-state index is 0.181. The number of likely N-dealkylation sites (N-methyl/N-ethyl adjacent to an activating group) is 1. The van der Waals surface area contributed by atoms with Gasteiger partial charge in [-0.15, -0.1) is 0 Å². The van der Waals surface area contributed by atoms with E-state index in [1.54, 1.807) is 0 Å². The molecule has 0 spiro atoms. The molecule has 1 amide bonds. The summed E-state index contributed by atoms with van der Waals surface area (Å²) >= 11 is 0. The fourth-order valence-corrected chi connectivity index (χ4v) is 3.49. The second-order valence-corrected chi connectivity index (χ2v) is 6.82. The lowest BCUT2D eigenvalue weighted by atomic mass is 9.89. The van der Waals surface area contributed by atoms with Crippen molar-refractivity contribution in [2.45, 2.75) is 63.9 Å². The Balaban J connectivity index is 1.49. The minimum absolute atomic E-state index is 0.181. The number of amides is 1. The van der Waals surface area contributed by atoms with Gasteiger partial charge in [-0.1, -0.05) is 19.3 Å². The quantitative estimate of drug-likeness (QED) is 0.748. The Morgan fingerprint density at radius 2 is 2.00 bits per heavy atom. The third-order valence-electron chi connectivity index (χ3n) is 4.82. The molecule has 2 aliphatic rings. The van der Waals surface area contributed by atoms with Crippen LogP contribution in [0, 0.1) is 5.92 Å². The van der Waals surface area contributed by atoms with Gasteiger partial charge in [0.2, 0.25) is 5.91 Å². The summed E-state index contributed by atoms with van der Waals surface area (Å²) in [6, 6.07) is 0. The molecule has 0 radical (unpaired) electrons. The maximum atomic E-state index is 11.9. The van der Waals surface area contributed by atoms with Crippen LogP contribution in [0.4, 0.5) is 0 Å². The lowest BCUT2D eigenvalue weighted by Crippen LogP contribution is -2.38. The van der Waals surface area contributed by atoms with Gasteiger partial charge in [0, 0.05) is 13.2 Å². The van der Waals surface area contributed by atoms with E-state index in [1.165, 1.54) is 44.9 Å². The van der Waals surface area contributed by atoms with Crippen LogP contribution in [0.1, 0.15) is 57.8 Å². The van der Waals surface area contributed by atoms with E-state index >= 15 is 0 Å². The van der Waals surface area contributed by atoms with Crippen LogP contribution in [0.2, 0.25) is 0 Å². The highest BCUT2D eigenvalue weighted by Gasteiger charge is 2.16. The van der Waals surface area contributed by atoms with E-state index in [2.05, 4.69) is 10.2 Å². The van der Waals surface area contributed by atoms with Crippen molar-refractivity contribution in [1.29, 1.82) is 0 Å². The molecule has 1 saturated heterocycles. The molecule has 1 aliphatic heterocycles. The minimum Gasteiger partial charge on any atom is -0.378 e. The molecule has 2 fully saturated rings. The van der Waals surface area contributed by atoms with E-state index < -0.39 is 0 Å². The normalized spacial score (nSPS) is 23.6. The van der Waals surface area contributed by atoms with Gasteiger partial charge in [-0.25, -0.2) is 0 Å². The summed E-state index contributed by atoms with van der Waals surface area (Å²) in [7, 11) is 2.04. The Bertz CT molecular complexity index is 297. The Hall–Kier alpha value is -0.610. The van der Waals surface area contributed by atoms with Crippen molar-refractivity contribution in [1.82, 2.24) is 10.2 Å². The predicted octanol–water partition coefficient (Wildman–Crippen LogP) is 2.57. The SMILES string of the molecule is CN(CCCC1CCCO1)CC(=O)NCC1CCCCC1. The molecule has 1 heterocycles. The van der Waals surface area contributed by atoms with Crippen LogP contribution in [-0.2, 0) is 9.53 Å². The van der Waals surface area contributed by atoms with Crippen molar-refractivity contribution in [2.75, 3.05) is 33.3 Å². The standard InChI is InChI=1S/C17H32N2O2/c1-19(11-5-9-16-10-6-12-21-16)14-17(20)18-13-15-7-3-2-4-8-15/h15-16H,2-14H2,1H3,(H,18,20). The van der Waals surface area contributed by atoms with E-state index in [0.717, 1.165) is 32.5 Å². The number of hydrogen-bond donors (Lipinski definition) is 1. The van der Waals surface area contributed by atoms with Crippen molar-refractivity contribution < 1.29 is 9.53 Å². The van der Waals surface area contributed by atoms with Gasteiger partial charge in [0.05, 0.1) is 12.6 Å². The zero-order valence-corrected chi connectivity index (χ0v) is 13.6. The van der Waals surface area contributed by atoms with Gasteiger partial charge in [0.15, 0.2) is 0 Å². The summed E-state index contributed by atoms with van der Waals surface area (Å²) in [4.78, 5) is 14.1. The summed E-state index contributed by atoms with van der Waals surface area (Å²) in [5.74, 6) is 0.896. The van der Waals surface area contributed by atoms with Gasteiger partial charge in [-0.2, -0.15) is 0 Å². The summed E-state index contributed by atoms with van der Waals surface area (Å²) in [6.45, 7) is 3.32. The van der Waals surface area contributed by atoms with Crippen LogP contribution < -0.4 is 5.32 Å². The topological polar surface area (TPSA) is 41.6 Å². The van der Waals surface area contributed by atoms with Crippen molar-refractivity contribution in [3.8, 4) is 0 Å². The van der Waals surface area contributed by atoms with Crippen molar-refractivity contribution >= 4 is 5.91 Å². The first-order valence-corrected chi connectivity index (χ1v) is 8.81. The second kappa shape index (κ2) is 9.42. The highest BCUT2D eigenvalue weighted by atomic mass is 16.5. The van der Waals surface area contributed by atoms with Gasteiger partial charge in [0.25, 0.3) is 0 Å². The van der Waals surface area contributed by atoms with E-state index in [1.807, 2.05) is 7.05 Å². The van der Waals surface area contributed by atoms with E-state index in [4.69, 9.17) is 4.74 Å². The first-order chi connectivity index (χ1) is 10.2. The molecular formula is C17H32N2O2. The Morgan fingerprint density at radius 1 is 1.19 bits per heavy atom. The molecule has 1 atom stereocenters. The Morgan fingerprint density at radius 3 is 2.71 bits per heavy atom. The molecule has 2 rings (SSSR count). The summed E-state index contributed by atoms with van der Waals surface area (Å²) in [5, 5.41) is 3.11. The molecule has 0 bridgehead atoms. The van der Waals surface area contributed by atoms with Crippen LogP contribution in [-0.4, -0.2) is 50.2 Å². The lowest BCUT2D eigenvalue weighted by molar-refractivity contribution is -0.122. The number of carbonyl (C=O) groups excluding carboxylic acids is 1. The average Bonchev–Trinajstić information content (AvgIpc) is 2.99. The zero-order chi connectivity index (χ0) is 14.9. The van der Waals surface area contributed by atoms with Crippen LogP contribution in [0.3, 0.4) is 0 Å². The molecule has 4 nitrogen and oxygen atoms in total. The Labute approximate surface area is 129 Å². The van der Waals surface area contributed by atoms with Gasteiger partial charge >= 0.3 is 0 Å². The molecule has 122 valence electrons. The van der Waals surface area contributed by atoms with Crippen LogP contribution in [0.5, 0.6) is 0 Å². The third-order valence-corrected chi connectivity index (χ3v) is 4.82.